The molecule has 0 N–H and O–H groups in total. The summed E-state index contributed by atoms with van der Waals surface area (Å²) in [5.74, 6) is 0.426. The Morgan fingerprint density at radius 3 is 2.36 bits per heavy atom. The molecule has 0 spiro atoms. The summed E-state index contributed by atoms with van der Waals surface area (Å²) in [6.07, 6.45) is 0.912. The van der Waals surface area contributed by atoms with Crippen LogP contribution in [-0.4, -0.2) is 23.9 Å². The standard InChI is InChI=1S/C9H15NO/c1-4-10(5-2)9(11)8-6-7(8)3/h8H,3-6H2,1-2H3. The quantitative estimate of drug-likeness (QED) is 0.562. The van der Waals surface area contributed by atoms with Crippen LogP contribution in [0.2, 0.25) is 0 Å². The summed E-state index contributed by atoms with van der Waals surface area (Å²) in [4.78, 5) is 13.3. The maximum Gasteiger partial charge on any atom is 0.230 e. The monoisotopic (exact) mass is 153 g/mol. The normalized spacial score (nSPS) is 21.6. The van der Waals surface area contributed by atoms with Crippen molar-refractivity contribution >= 4 is 5.91 Å². The highest BCUT2D eigenvalue weighted by atomic mass is 16.2. The van der Waals surface area contributed by atoms with Crippen molar-refractivity contribution < 1.29 is 4.79 Å². The van der Waals surface area contributed by atoms with Crippen LogP contribution in [-0.2, 0) is 4.79 Å². The van der Waals surface area contributed by atoms with Crippen molar-refractivity contribution in [1.29, 1.82) is 0 Å². The van der Waals surface area contributed by atoms with Gasteiger partial charge in [0.15, 0.2) is 0 Å². The Labute approximate surface area is 67.9 Å². The van der Waals surface area contributed by atoms with Crippen molar-refractivity contribution in [2.24, 2.45) is 5.92 Å². The molecule has 1 unspecified atom stereocenters. The first-order chi connectivity index (χ1) is 5.20. The van der Waals surface area contributed by atoms with Gasteiger partial charge in [-0.3, -0.25) is 4.79 Å². The molecule has 0 aromatic carbocycles. The molecule has 1 rings (SSSR count). The van der Waals surface area contributed by atoms with E-state index in [2.05, 4.69) is 6.58 Å². The van der Waals surface area contributed by atoms with E-state index in [1.54, 1.807) is 0 Å². The Kier molecular flexibility index (Phi) is 2.32. The first-order valence-electron chi connectivity index (χ1n) is 4.17. The molecule has 1 aliphatic rings. The van der Waals surface area contributed by atoms with Crippen LogP contribution in [0.15, 0.2) is 12.2 Å². The first kappa shape index (κ1) is 8.31. The number of nitrogens with zero attached hydrogens (tertiary/aromatic N) is 1. The predicted octanol–water partition coefficient (Wildman–Crippen LogP) is 1.43. The fourth-order valence-corrected chi connectivity index (χ4v) is 1.22. The van der Waals surface area contributed by atoms with E-state index < -0.39 is 0 Å². The summed E-state index contributed by atoms with van der Waals surface area (Å²) >= 11 is 0. The summed E-state index contributed by atoms with van der Waals surface area (Å²) in [5, 5.41) is 0. The number of hydrogen-bond acceptors (Lipinski definition) is 1. The van der Waals surface area contributed by atoms with Crippen LogP contribution in [0.1, 0.15) is 20.3 Å². The molecule has 2 heteroatoms. The predicted molar refractivity (Wildman–Crippen MR) is 45.2 cm³/mol. The van der Waals surface area contributed by atoms with Crippen LogP contribution in [0.5, 0.6) is 0 Å². The van der Waals surface area contributed by atoms with E-state index in [0.717, 1.165) is 25.1 Å². The molecular weight excluding hydrogens is 138 g/mol. The van der Waals surface area contributed by atoms with E-state index in [1.807, 2.05) is 18.7 Å². The van der Waals surface area contributed by atoms with Crippen molar-refractivity contribution in [2.75, 3.05) is 13.1 Å². The van der Waals surface area contributed by atoms with Crippen LogP contribution >= 0.6 is 0 Å². The van der Waals surface area contributed by atoms with Gasteiger partial charge in [-0.1, -0.05) is 12.2 Å². The zero-order valence-corrected chi connectivity index (χ0v) is 7.26. The van der Waals surface area contributed by atoms with Gasteiger partial charge < -0.3 is 4.90 Å². The van der Waals surface area contributed by atoms with Crippen molar-refractivity contribution in [3.05, 3.63) is 12.2 Å². The minimum Gasteiger partial charge on any atom is -0.343 e. The summed E-state index contributed by atoms with van der Waals surface area (Å²) in [5.41, 5.74) is 1.10. The zero-order chi connectivity index (χ0) is 8.43. The molecule has 1 atom stereocenters. The fourth-order valence-electron chi connectivity index (χ4n) is 1.22. The van der Waals surface area contributed by atoms with Crippen LogP contribution in [0, 0.1) is 5.92 Å². The molecule has 1 amide bonds. The summed E-state index contributed by atoms with van der Waals surface area (Å²) in [6, 6.07) is 0. The molecule has 0 radical (unpaired) electrons. The Bertz CT molecular complexity index is 182. The SMILES string of the molecule is C=C1CC1C(=O)N(CC)CC. The van der Waals surface area contributed by atoms with Gasteiger partial charge in [0.25, 0.3) is 0 Å². The third kappa shape index (κ3) is 1.62. The van der Waals surface area contributed by atoms with Crippen molar-refractivity contribution in [2.45, 2.75) is 20.3 Å². The number of rotatable bonds is 3. The Morgan fingerprint density at radius 1 is 1.64 bits per heavy atom. The van der Waals surface area contributed by atoms with Gasteiger partial charge in [0.2, 0.25) is 5.91 Å². The second-order valence-electron chi connectivity index (χ2n) is 2.93. The smallest absolute Gasteiger partial charge is 0.230 e. The number of carbonyl (C=O) groups is 1. The molecule has 0 aromatic heterocycles. The Hall–Kier alpha value is -0.790. The lowest BCUT2D eigenvalue weighted by atomic mass is 10.3. The van der Waals surface area contributed by atoms with Crippen molar-refractivity contribution in [3.8, 4) is 0 Å². The lowest BCUT2D eigenvalue weighted by molar-refractivity contribution is -0.131. The summed E-state index contributed by atoms with van der Waals surface area (Å²) in [6.45, 7) is 9.42. The molecular formula is C9H15NO. The number of hydrogen-bond donors (Lipinski definition) is 0. The van der Waals surface area contributed by atoms with E-state index in [1.165, 1.54) is 0 Å². The van der Waals surface area contributed by atoms with E-state index in [-0.39, 0.29) is 11.8 Å². The molecule has 0 aliphatic heterocycles. The molecule has 0 bridgehead atoms. The van der Waals surface area contributed by atoms with Gasteiger partial charge in [-0.15, -0.1) is 0 Å². The van der Waals surface area contributed by atoms with Crippen LogP contribution in [0.25, 0.3) is 0 Å². The first-order valence-corrected chi connectivity index (χ1v) is 4.17. The van der Waals surface area contributed by atoms with E-state index in [0.29, 0.717) is 0 Å². The van der Waals surface area contributed by atoms with E-state index in [9.17, 15) is 4.79 Å². The van der Waals surface area contributed by atoms with Crippen LogP contribution in [0.3, 0.4) is 0 Å². The maximum absolute atomic E-state index is 11.4. The average molecular weight is 153 g/mol. The highest BCUT2D eigenvalue weighted by Gasteiger charge is 2.36. The van der Waals surface area contributed by atoms with Gasteiger partial charge in [-0.05, 0) is 20.3 Å². The largest absolute Gasteiger partial charge is 0.343 e. The minimum atomic E-state index is 0.162. The molecule has 11 heavy (non-hydrogen) atoms. The lowest BCUT2D eigenvalue weighted by Gasteiger charge is -2.17. The number of amides is 1. The lowest BCUT2D eigenvalue weighted by Crippen LogP contribution is -2.31. The second kappa shape index (κ2) is 3.07. The maximum atomic E-state index is 11.4. The molecule has 1 saturated carbocycles. The number of carbonyl (C=O) groups excluding carboxylic acids is 1. The molecule has 0 saturated heterocycles. The van der Waals surface area contributed by atoms with Gasteiger partial charge in [0, 0.05) is 13.1 Å². The van der Waals surface area contributed by atoms with Crippen LogP contribution < -0.4 is 0 Å². The summed E-state index contributed by atoms with van der Waals surface area (Å²) < 4.78 is 0. The fraction of sp³-hybridized carbons (Fsp3) is 0.667. The second-order valence-corrected chi connectivity index (χ2v) is 2.93. The molecule has 1 aliphatic carbocycles. The van der Waals surface area contributed by atoms with Gasteiger partial charge in [-0.25, -0.2) is 0 Å². The van der Waals surface area contributed by atoms with Crippen molar-refractivity contribution in [3.63, 3.8) is 0 Å². The molecule has 2 nitrogen and oxygen atoms in total. The molecule has 62 valence electrons. The minimum absolute atomic E-state index is 0.162. The molecule has 0 aromatic rings. The summed E-state index contributed by atoms with van der Waals surface area (Å²) in [7, 11) is 0. The van der Waals surface area contributed by atoms with Gasteiger partial charge in [-0.2, -0.15) is 0 Å². The van der Waals surface area contributed by atoms with Gasteiger partial charge in [0.1, 0.15) is 0 Å². The van der Waals surface area contributed by atoms with E-state index in [4.69, 9.17) is 0 Å². The molecule has 1 fully saturated rings. The van der Waals surface area contributed by atoms with Crippen LogP contribution in [0.4, 0.5) is 0 Å². The van der Waals surface area contributed by atoms with Gasteiger partial charge in [0.05, 0.1) is 5.92 Å². The highest BCUT2D eigenvalue weighted by molar-refractivity contribution is 5.85. The molecule has 0 heterocycles. The zero-order valence-electron chi connectivity index (χ0n) is 7.26. The highest BCUT2D eigenvalue weighted by Crippen LogP contribution is 2.37. The third-order valence-corrected chi connectivity index (χ3v) is 2.17. The topological polar surface area (TPSA) is 20.3 Å². The van der Waals surface area contributed by atoms with Gasteiger partial charge >= 0.3 is 0 Å². The van der Waals surface area contributed by atoms with E-state index >= 15 is 0 Å². The van der Waals surface area contributed by atoms with Crippen molar-refractivity contribution in [1.82, 2.24) is 4.90 Å². The third-order valence-electron chi connectivity index (χ3n) is 2.17. The Balaban J connectivity index is 2.45. The average Bonchev–Trinajstić information content (AvgIpc) is 2.69. The Morgan fingerprint density at radius 2 is 2.09 bits per heavy atom.